The van der Waals surface area contributed by atoms with Gasteiger partial charge in [0, 0.05) is 6.42 Å². The second-order valence-corrected chi connectivity index (χ2v) is 4.59. The van der Waals surface area contributed by atoms with Crippen LogP contribution in [0.3, 0.4) is 0 Å². The van der Waals surface area contributed by atoms with Crippen LogP contribution in [0.1, 0.15) is 17.5 Å². The summed E-state index contributed by atoms with van der Waals surface area (Å²) in [6.07, 6.45) is 2.01. The molecule has 0 aliphatic heterocycles. The van der Waals surface area contributed by atoms with E-state index in [0.717, 1.165) is 12.0 Å². The van der Waals surface area contributed by atoms with E-state index < -0.39 is 5.54 Å². The summed E-state index contributed by atoms with van der Waals surface area (Å²) in [5.74, 6) is -0.391. The van der Waals surface area contributed by atoms with Gasteiger partial charge in [0.25, 0.3) is 0 Å². The molecule has 1 aliphatic carbocycles. The zero-order valence-electron chi connectivity index (χ0n) is 9.37. The van der Waals surface area contributed by atoms with Crippen LogP contribution < -0.4 is 5.32 Å². The predicted octanol–water partition coefficient (Wildman–Crippen LogP) is 1.79. The third kappa shape index (κ3) is 2.42. The Morgan fingerprint density at radius 1 is 1.47 bits per heavy atom. The minimum Gasteiger partial charge on any atom is -0.336 e. The van der Waals surface area contributed by atoms with Crippen molar-refractivity contribution < 1.29 is 4.79 Å². The third-order valence-electron chi connectivity index (χ3n) is 3.15. The van der Waals surface area contributed by atoms with E-state index in [0.29, 0.717) is 12.8 Å². The van der Waals surface area contributed by atoms with Crippen molar-refractivity contribution in [1.29, 1.82) is 5.26 Å². The number of alkyl halides is 1. The van der Waals surface area contributed by atoms with Crippen LogP contribution >= 0.6 is 11.6 Å². The Labute approximate surface area is 105 Å². The Balaban J connectivity index is 2.24. The first kappa shape index (κ1) is 11.9. The number of halogens is 1. The fourth-order valence-electron chi connectivity index (χ4n) is 2.27. The molecular weight excluding hydrogens is 236 g/mol. The highest BCUT2D eigenvalue weighted by Gasteiger charge is 2.35. The highest BCUT2D eigenvalue weighted by molar-refractivity contribution is 6.27. The maximum Gasteiger partial charge on any atom is 0.236 e. The lowest BCUT2D eigenvalue weighted by Gasteiger charge is -2.32. The zero-order chi connectivity index (χ0) is 12.3. The maximum atomic E-state index is 11.4. The summed E-state index contributed by atoms with van der Waals surface area (Å²) in [7, 11) is 0. The summed E-state index contributed by atoms with van der Waals surface area (Å²) in [4.78, 5) is 11.4. The van der Waals surface area contributed by atoms with Gasteiger partial charge in [-0.3, -0.25) is 4.79 Å². The van der Waals surface area contributed by atoms with Gasteiger partial charge in [-0.25, -0.2) is 0 Å². The average Bonchev–Trinajstić information content (AvgIpc) is 2.38. The summed E-state index contributed by atoms with van der Waals surface area (Å²) >= 11 is 5.47. The van der Waals surface area contributed by atoms with Gasteiger partial charge in [0.15, 0.2) is 0 Å². The number of nitrogens with zero attached hydrogens (tertiary/aromatic N) is 1. The normalized spacial score (nSPS) is 22.4. The standard InChI is InChI=1S/C13H13ClN2O/c14-8-12(17)16-13(9-15)6-5-10-3-1-2-4-11(10)7-13/h1-4H,5-8H2,(H,16,17). The number of rotatable bonds is 2. The molecule has 0 aromatic heterocycles. The molecule has 17 heavy (non-hydrogen) atoms. The fraction of sp³-hybridized carbons (Fsp3) is 0.385. The lowest BCUT2D eigenvalue weighted by molar-refractivity contribution is -0.120. The van der Waals surface area contributed by atoms with E-state index in [2.05, 4.69) is 17.5 Å². The number of fused-ring (bicyclic) bond motifs is 1. The molecule has 0 bridgehead atoms. The van der Waals surface area contributed by atoms with Crippen molar-refractivity contribution in [2.75, 3.05) is 5.88 Å². The van der Waals surface area contributed by atoms with Crippen molar-refractivity contribution in [1.82, 2.24) is 5.32 Å². The van der Waals surface area contributed by atoms with E-state index in [9.17, 15) is 10.1 Å². The van der Waals surface area contributed by atoms with Gasteiger partial charge < -0.3 is 5.32 Å². The molecule has 1 N–H and O–H groups in total. The lowest BCUT2D eigenvalue weighted by Crippen LogP contribution is -2.51. The molecule has 1 unspecified atom stereocenters. The van der Waals surface area contributed by atoms with E-state index in [-0.39, 0.29) is 11.8 Å². The Kier molecular flexibility index (Phi) is 3.35. The fourth-order valence-corrected chi connectivity index (χ4v) is 2.33. The van der Waals surface area contributed by atoms with Gasteiger partial charge >= 0.3 is 0 Å². The molecule has 3 nitrogen and oxygen atoms in total. The number of hydrogen-bond donors (Lipinski definition) is 1. The van der Waals surface area contributed by atoms with E-state index in [1.807, 2.05) is 18.2 Å². The van der Waals surface area contributed by atoms with Crippen molar-refractivity contribution in [3.8, 4) is 6.07 Å². The molecule has 1 aromatic rings. The van der Waals surface area contributed by atoms with Crippen molar-refractivity contribution in [3.05, 3.63) is 35.4 Å². The molecule has 2 rings (SSSR count). The summed E-state index contributed by atoms with van der Waals surface area (Å²) in [6.45, 7) is 0. The van der Waals surface area contributed by atoms with Gasteiger partial charge in [0.1, 0.15) is 11.4 Å². The largest absolute Gasteiger partial charge is 0.336 e. The molecule has 1 aliphatic rings. The molecular formula is C13H13ClN2O. The second-order valence-electron chi connectivity index (χ2n) is 4.32. The van der Waals surface area contributed by atoms with Crippen LogP contribution in [-0.4, -0.2) is 17.3 Å². The first-order valence-corrected chi connectivity index (χ1v) is 6.07. The van der Waals surface area contributed by atoms with Crippen LogP contribution in [0.4, 0.5) is 0 Å². The third-order valence-corrected chi connectivity index (χ3v) is 3.39. The number of carbonyl (C=O) groups excluding carboxylic acids is 1. The number of aryl methyl sites for hydroxylation is 1. The number of hydrogen-bond acceptors (Lipinski definition) is 2. The smallest absolute Gasteiger partial charge is 0.236 e. The second kappa shape index (κ2) is 4.77. The van der Waals surface area contributed by atoms with Crippen molar-refractivity contribution in [3.63, 3.8) is 0 Å². The Morgan fingerprint density at radius 3 is 2.82 bits per heavy atom. The molecule has 0 saturated heterocycles. The van der Waals surface area contributed by atoms with Gasteiger partial charge in [0.2, 0.25) is 5.91 Å². The molecule has 0 heterocycles. The lowest BCUT2D eigenvalue weighted by atomic mass is 9.79. The Hall–Kier alpha value is -1.53. The van der Waals surface area contributed by atoms with E-state index in [1.165, 1.54) is 5.56 Å². The monoisotopic (exact) mass is 248 g/mol. The first-order chi connectivity index (χ1) is 8.19. The number of carbonyl (C=O) groups is 1. The summed E-state index contributed by atoms with van der Waals surface area (Å²) in [5.41, 5.74) is 1.61. The minimum atomic E-state index is -0.791. The molecule has 0 saturated carbocycles. The van der Waals surface area contributed by atoms with Crippen LogP contribution in [0.25, 0.3) is 0 Å². The van der Waals surface area contributed by atoms with Gasteiger partial charge in [-0.15, -0.1) is 11.6 Å². The Morgan fingerprint density at radius 2 is 2.18 bits per heavy atom. The van der Waals surface area contributed by atoms with Gasteiger partial charge in [-0.1, -0.05) is 24.3 Å². The summed E-state index contributed by atoms with van der Waals surface area (Å²) < 4.78 is 0. The highest BCUT2D eigenvalue weighted by Crippen LogP contribution is 2.28. The predicted molar refractivity (Wildman–Crippen MR) is 65.7 cm³/mol. The van der Waals surface area contributed by atoms with Crippen LogP contribution in [-0.2, 0) is 17.6 Å². The molecule has 0 fully saturated rings. The quantitative estimate of drug-likeness (QED) is 0.812. The van der Waals surface area contributed by atoms with Gasteiger partial charge in [-0.2, -0.15) is 5.26 Å². The molecule has 4 heteroatoms. The number of nitrogens with one attached hydrogen (secondary N) is 1. The van der Waals surface area contributed by atoms with Crippen LogP contribution in [0, 0.1) is 11.3 Å². The van der Waals surface area contributed by atoms with Crippen molar-refractivity contribution in [2.24, 2.45) is 0 Å². The summed E-state index contributed by atoms with van der Waals surface area (Å²) in [5, 5.41) is 12.0. The van der Waals surface area contributed by atoms with Gasteiger partial charge in [-0.05, 0) is 24.0 Å². The minimum absolute atomic E-state index is 0.106. The number of amides is 1. The topological polar surface area (TPSA) is 52.9 Å². The molecule has 1 atom stereocenters. The van der Waals surface area contributed by atoms with Crippen LogP contribution in [0.2, 0.25) is 0 Å². The van der Waals surface area contributed by atoms with Crippen molar-refractivity contribution >= 4 is 17.5 Å². The van der Waals surface area contributed by atoms with Crippen molar-refractivity contribution in [2.45, 2.75) is 24.8 Å². The van der Waals surface area contributed by atoms with E-state index in [1.54, 1.807) is 0 Å². The zero-order valence-corrected chi connectivity index (χ0v) is 10.1. The van der Waals surface area contributed by atoms with Gasteiger partial charge in [0.05, 0.1) is 6.07 Å². The maximum absolute atomic E-state index is 11.4. The molecule has 0 spiro atoms. The molecule has 1 aromatic carbocycles. The average molecular weight is 249 g/mol. The SMILES string of the molecule is N#CC1(NC(=O)CCl)CCc2ccccc2C1. The first-order valence-electron chi connectivity index (χ1n) is 5.54. The molecule has 88 valence electrons. The number of benzene rings is 1. The van der Waals surface area contributed by atoms with E-state index >= 15 is 0 Å². The Bertz CT molecular complexity index is 481. The molecule has 0 radical (unpaired) electrons. The van der Waals surface area contributed by atoms with E-state index in [4.69, 9.17) is 11.6 Å². The highest BCUT2D eigenvalue weighted by atomic mass is 35.5. The molecule has 1 amide bonds. The summed E-state index contributed by atoms with van der Waals surface area (Å²) in [6, 6.07) is 10.3. The number of nitriles is 1. The van der Waals surface area contributed by atoms with Crippen LogP contribution in [0.15, 0.2) is 24.3 Å². The van der Waals surface area contributed by atoms with Crippen LogP contribution in [0.5, 0.6) is 0 Å².